The molecule has 0 aliphatic heterocycles. The molecule has 0 aliphatic rings. The Morgan fingerprint density at radius 2 is 2.00 bits per heavy atom. The van der Waals surface area contributed by atoms with Crippen LogP contribution in [0.15, 0.2) is 18.2 Å². The smallest absolute Gasteiger partial charge is 0.308 e. The lowest BCUT2D eigenvalue weighted by molar-refractivity contribution is -0.136. The fourth-order valence-electron chi connectivity index (χ4n) is 2.21. The van der Waals surface area contributed by atoms with Gasteiger partial charge in [0.2, 0.25) is 0 Å². The van der Waals surface area contributed by atoms with Crippen LogP contribution in [0.2, 0.25) is 0 Å². The number of hydrogen-bond acceptors (Lipinski definition) is 4. The van der Waals surface area contributed by atoms with Crippen molar-refractivity contribution in [3.8, 4) is 5.75 Å². The van der Waals surface area contributed by atoms with Crippen molar-refractivity contribution in [1.29, 1.82) is 0 Å². The van der Waals surface area contributed by atoms with Crippen LogP contribution in [0.25, 0.3) is 0 Å². The van der Waals surface area contributed by atoms with Crippen molar-refractivity contribution in [2.75, 3.05) is 0 Å². The molecule has 4 nitrogen and oxygen atoms in total. The molecular formula is C16H19NO3S. The molecular weight excluding hydrogens is 286 g/mol. The Morgan fingerprint density at radius 3 is 2.57 bits per heavy atom. The third-order valence-corrected chi connectivity index (χ3v) is 4.29. The molecule has 1 aromatic heterocycles. The minimum atomic E-state index is -0.824. The van der Waals surface area contributed by atoms with Crippen LogP contribution in [-0.4, -0.2) is 16.1 Å². The third kappa shape index (κ3) is 3.82. The summed E-state index contributed by atoms with van der Waals surface area (Å²) < 4.78 is 5.87. The number of aromatic nitrogens is 1. The molecule has 0 amide bonds. The van der Waals surface area contributed by atoms with Gasteiger partial charge in [0.1, 0.15) is 17.4 Å². The number of thiazole rings is 1. The Hall–Kier alpha value is -1.88. The molecule has 21 heavy (non-hydrogen) atoms. The summed E-state index contributed by atoms with van der Waals surface area (Å²) in [7, 11) is 0. The van der Waals surface area contributed by atoms with Crippen molar-refractivity contribution in [3.63, 3.8) is 0 Å². The predicted molar refractivity (Wildman–Crippen MR) is 83.1 cm³/mol. The number of para-hydroxylation sites is 1. The summed E-state index contributed by atoms with van der Waals surface area (Å²) in [6.07, 6.45) is 0.771. The maximum Gasteiger partial charge on any atom is 0.308 e. The zero-order valence-corrected chi connectivity index (χ0v) is 13.3. The van der Waals surface area contributed by atoms with Gasteiger partial charge in [-0.15, -0.1) is 11.3 Å². The first kappa shape index (κ1) is 15.5. The Labute approximate surface area is 128 Å². The number of ether oxygens (including phenoxy) is 1. The minimum Gasteiger partial charge on any atom is -0.486 e. The fraction of sp³-hybridized carbons (Fsp3) is 0.375. The average Bonchev–Trinajstić information content (AvgIpc) is 2.79. The SMILES string of the molecule is CCc1nc(COc2c(C)cccc2C)sc1CC(=O)O. The van der Waals surface area contributed by atoms with Gasteiger partial charge in [0.15, 0.2) is 0 Å². The number of nitrogens with zero attached hydrogens (tertiary/aromatic N) is 1. The second-order valence-electron chi connectivity index (χ2n) is 4.91. The van der Waals surface area contributed by atoms with Crippen LogP contribution in [0, 0.1) is 13.8 Å². The van der Waals surface area contributed by atoms with Crippen molar-refractivity contribution in [2.45, 2.75) is 40.2 Å². The van der Waals surface area contributed by atoms with Gasteiger partial charge in [0.25, 0.3) is 0 Å². The molecule has 2 rings (SSSR count). The number of aryl methyl sites for hydroxylation is 3. The lowest BCUT2D eigenvalue weighted by Gasteiger charge is -2.10. The molecule has 0 bridgehead atoms. The fourth-order valence-corrected chi connectivity index (χ4v) is 3.27. The molecule has 0 radical (unpaired) electrons. The summed E-state index contributed by atoms with van der Waals surface area (Å²) in [5.41, 5.74) is 3.04. The summed E-state index contributed by atoms with van der Waals surface area (Å²) in [5, 5.41) is 9.75. The highest BCUT2D eigenvalue weighted by Crippen LogP contribution is 2.25. The number of aliphatic carboxylic acids is 1. The number of hydrogen-bond donors (Lipinski definition) is 1. The number of rotatable bonds is 6. The van der Waals surface area contributed by atoms with Crippen molar-refractivity contribution in [1.82, 2.24) is 4.98 Å². The standard InChI is InChI=1S/C16H19NO3S/c1-4-12-13(8-15(18)19)21-14(17-12)9-20-16-10(2)6-5-7-11(16)3/h5-7H,4,8-9H2,1-3H3,(H,18,19). The van der Waals surface area contributed by atoms with Gasteiger partial charge in [-0.2, -0.15) is 0 Å². The molecule has 0 saturated heterocycles. The molecule has 0 atom stereocenters. The van der Waals surface area contributed by atoms with E-state index in [1.165, 1.54) is 11.3 Å². The first-order valence-corrected chi connectivity index (χ1v) is 7.71. The quantitative estimate of drug-likeness (QED) is 0.887. The van der Waals surface area contributed by atoms with Gasteiger partial charge in [-0.05, 0) is 31.4 Å². The van der Waals surface area contributed by atoms with Crippen molar-refractivity contribution < 1.29 is 14.6 Å². The zero-order valence-electron chi connectivity index (χ0n) is 12.5. The van der Waals surface area contributed by atoms with Crippen LogP contribution >= 0.6 is 11.3 Å². The van der Waals surface area contributed by atoms with Gasteiger partial charge < -0.3 is 9.84 Å². The van der Waals surface area contributed by atoms with E-state index in [2.05, 4.69) is 4.98 Å². The monoisotopic (exact) mass is 305 g/mol. The largest absolute Gasteiger partial charge is 0.486 e. The van der Waals surface area contributed by atoms with Gasteiger partial charge in [-0.25, -0.2) is 4.98 Å². The minimum absolute atomic E-state index is 0.0320. The third-order valence-electron chi connectivity index (χ3n) is 3.22. The Bertz CT molecular complexity index is 629. The maximum absolute atomic E-state index is 10.9. The van der Waals surface area contributed by atoms with Crippen molar-refractivity contribution >= 4 is 17.3 Å². The number of carboxylic acid groups (broad SMARTS) is 1. The van der Waals surface area contributed by atoms with Crippen LogP contribution in [0.4, 0.5) is 0 Å². The van der Waals surface area contributed by atoms with Gasteiger partial charge in [-0.3, -0.25) is 4.79 Å². The van der Waals surface area contributed by atoms with E-state index in [4.69, 9.17) is 9.84 Å². The summed E-state index contributed by atoms with van der Waals surface area (Å²) >= 11 is 1.43. The second kappa shape index (κ2) is 6.72. The normalized spacial score (nSPS) is 10.6. The molecule has 0 aliphatic carbocycles. The van der Waals surface area contributed by atoms with E-state index in [-0.39, 0.29) is 6.42 Å². The lowest BCUT2D eigenvalue weighted by Crippen LogP contribution is -2.00. The molecule has 112 valence electrons. The molecule has 1 aromatic carbocycles. The highest BCUT2D eigenvalue weighted by atomic mass is 32.1. The van der Waals surface area contributed by atoms with Gasteiger partial charge in [0, 0.05) is 4.88 Å². The predicted octanol–water partition coefficient (Wildman–Crippen LogP) is 3.53. The van der Waals surface area contributed by atoms with E-state index >= 15 is 0 Å². The van der Waals surface area contributed by atoms with Crippen LogP contribution in [-0.2, 0) is 24.2 Å². The first-order chi connectivity index (χ1) is 10.0. The lowest BCUT2D eigenvalue weighted by atomic mass is 10.1. The summed E-state index contributed by atoms with van der Waals surface area (Å²) in [5.74, 6) is 0.0566. The van der Waals surface area contributed by atoms with Gasteiger partial charge >= 0.3 is 5.97 Å². The number of carbonyl (C=O) groups is 1. The molecule has 0 unspecified atom stereocenters. The highest BCUT2D eigenvalue weighted by Gasteiger charge is 2.13. The molecule has 1 N–H and O–H groups in total. The maximum atomic E-state index is 10.9. The Balaban J connectivity index is 2.13. The molecule has 0 spiro atoms. The van der Waals surface area contributed by atoms with E-state index in [0.717, 1.165) is 38.9 Å². The number of benzene rings is 1. The first-order valence-electron chi connectivity index (χ1n) is 6.89. The van der Waals surface area contributed by atoms with Crippen LogP contribution in [0.1, 0.15) is 33.6 Å². The topological polar surface area (TPSA) is 59.4 Å². The Morgan fingerprint density at radius 1 is 1.33 bits per heavy atom. The molecule has 0 saturated carbocycles. The summed E-state index contributed by atoms with van der Waals surface area (Å²) in [4.78, 5) is 16.2. The zero-order chi connectivity index (χ0) is 15.4. The van der Waals surface area contributed by atoms with E-state index in [9.17, 15) is 4.79 Å². The van der Waals surface area contributed by atoms with Gasteiger partial charge in [0.05, 0.1) is 12.1 Å². The molecule has 5 heteroatoms. The molecule has 0 fully saturated rings. The molecule has 2 aromatic rings. The van der Waals surface area contributed by atoms with Crippen LogP contribution in [0.5, 0.6) is 5.75 Å². The average molecular weight is 305 g/mol. The van der Waals surface area contributed by atoms with E-state index in [1.807, 2.05) is 39.0 Å². The molecule has 1 heterocycles. The Kier molecular flexibility index (Phi) is 4.96. The second-order valence-corrected chi connectivity index (χ2v) is 6.08. The van der Waals surface area contributed by atoms with Crippen LogP contribution < -0.4 is 4.74 Å². The van der Waals surface area contributed by atoms with Crippen molar-refractivity contribution in [3.05, 3.63) is 44.9 Å². The van der Waals surface area contributed by atoms with Gasteiger partial charge in [-0.1, -0.05) is 25.1 Å². The summed E-state index contributed by atoms with van der Waals surface area (Å²) in [6.45, 7) is 6.38. The van der Waals surface area contributed by atoms with Crippen LogP contribution in [0.3, 0.4) is 0 Å². The van der Waals surface area contributed by atoms with Crippen molar-refractivity contribution in [2.24, 2.45) is 0 Å². The van der Waals surface area contributed by atoms with E-state index < -0.39 is 5.97 Å². The van der Waals surface area contributed by atoms with E-state index in [0.29, 0.717) is 6.61 Å². The number of carboxylic acids is 1. The summed E-state index contributed by atoms with van der Waals surface area (Å²) in [6, 6.07) is 6.02. The highest BCUT2D eigenvalue weighted by molar-refractivity contribution is 7.11. The van der Waals surface area contributed by atoms with E-state index in [1.54, 1.807) is 0 Å².